The summed E-state index contributed by atoms with van der Waals surface area (Å²) in [5.41, 5.74) is 2.04. The highest BCUT2D eigenvalue weighted by Crippen LogP contribution is 2.26. The number of carbonyl (C=O) groups is 1. The zero-order chi connectivity index (χ0) is 23.1. The predicted molar refractivity (Wildman–Crippen MR) is 123 cm³/mol. The van der Waals surface area contributed by atoms with E-state index in [1.807, 2.05) is 18.2 Å². The summed E-state index contributed by atoms with van der Waals surface area (Å²) in [7, 11) is 3.20. The number of aliphatic carboxylic acids is 1. The lowest BCUT2D eigenvalue weighted by molar-refractivity contribution is -0.138. The molecule has 9 heteroatoms. The zero-order valence-corrected chi connectivity index (χ0v) is 18.8. The van der Waals surface area contributed by atoms with Gasteiger partial charge in [-0.05, 0) is 43.0 Å². The van der Waals surface area contributed by atoms with Gasteiger partial charge in [-0.3, -0.25) is 4.98 Å². The van der Waals surface area contributed by atoms with Crippen molar-refractivity contribution in [1.82, 2.24) is 15.0 Å². The number of aromatic nitrogens is 3. The van der Waals surface area contributed by atoms with Gasteiger partial charge in [0.05, 0.1) is 19.7 Å². The molecule has 0 spiro atoms. The largest absolute Gasteiger partial charge is 0.497 e. The Morgan fingerprint density at radius 2 is 1.94 bits per heavy atom. The maximum atomic E-state index is 11.8. The summed E-state index contributed by atoms with van der Waals surface area (Å²) in [6.07, 6.45) is 2.90. The van der Waals surface area contributed by atoms with Gasteiger partial charge >= 0.3 is 5.97 Å². The van der Waals surface area contributed by atoms with Crippen molar-refractivity contribution in [1.29, 1.82) is 0 Å². The Kier molecular flexibility index (Phi) is 7.64. The molecule has 0 aliphatic carbocycles. The number of ether oxygens (including phenoxy) is 2. The number of carboxylic acids is 1. The number of nitrogens with zero attached hydrogens (tertiary/aromatic N) is 3. The van der Waals surface area contributed by atoms with Gasteiger partial charge in [0.25, 0.3) is 0 Å². The van der Waals surface area contributed by atoms with E-state index in [4.69, 9.17) is 9.47 Å². The van der Waals surface area contributed by atoms with E-state index in [-0.39, 0.29) is 0 Å². The Bertz CT molecular complexity index is 1070. The summed E-state index contributed by atoms with van der Waals surface area (Å²) in [4.78, 5) is 25.2. The van der Waals surface area contributed by atoms with Crippen molar-refractivity contribution in [2.45, 2.75) is 39.3 Å². The van der Waals surface area contributed by atoms with Crippen LogP contribution in [0, 0.1) is 5.92 Å². The molecule has 2 aromatic heterocycles. The summed E-state index contributed by atoms with van der Waals surface area (Å²) < 4.78 is 10.7. The fourth-order valence-corrected chi connectivity index (χ4v) is 3.24. The molecule has 0 saturated heterocycles. The standard InChI is InChI=1S/C23H29N5O4/c1-14(2)7-10-18(22(29)30)26-21-20-17(6-5-11-24-20)27-23(28-21)25-13-15-8-9-16(31-3)12-19(15)32-4/h5-6,8-9,11-12,14,18H,7,10,13H2,1-4H3,(H,29,30)(H2,25,26,27,28)/t18-/m1/s1. The van der Waals surface area contributed by atoms with Crippen molar-refractivity contribution >= 4 is 28.8 Å². The zero-order valence-electron chi connectivity index (χ0n) is 18.8. The first kappa shape index (κ1) is 23.1. The number of pyridine rings is 1. The molecule has 170 valence electrons. The number of fused-ring (bicyclic) bond motifs is 1. The summed E-state index contributed by atoms with van der Waals surface area (Å²) in [5, 5.41) is 15.9. The van der Waals surface area contributed by atoms with Crippen molar-refractivity contribution in [2.75, 3.05) is 24.9 Å². The molecule has 32 heavy (non-hydrogen) atoms. The topological polar surface area (TPSA) is 118 Å². The normalized spacial score (nSPS) is 11.9. The van der Waals surface area contributed by atoms with Crippen molar-refractivity contribution in [3.05, 3.63) is 42.1 Å². The third-order valence-corrected chi connectivity index (χ3v) is 5.03. The lowest BCUT2D eigenvalue weighted by Crippen LogP contribution is -2.30. The molecule has 1 atom stereocenters. The minimum absolute atomic E-state index is 0.360. The van der Waals surface area contributed by atoms with Gasteiger partial charge in [0.1, 0.15) is 23.1 Å². The molecular weight excluding hydrogens is 410 g/mol. The van der Waals surface area contributed by atoms with Crippen LogP contribution in [-0.2, 0) is 11.3 Å². The van der Waals surface area contributed by atoms with Crippen LogP contribution in [0.3, 0.4) is 0 Å². The molecule has 0 bridgehead atoms. The van der Waals surface area contributed by atoms with E-state index >= 15 is 0 Å². The lowest BCUT2D eigenvalue weighted by atomic mass is 10.0. The number of rotatable bonds is 11. The van der Waals surface area contributed by atoms with Gasteiger partial charge in [-0.2, -0.15) is 4.98 Å². The van der Waals surface area contributed by atoms with E-state index in [1.165, 1.54) is 0 Å². The molecular formula is C23H29N5O4. The summed E-state index contributed by atoms with van der Waals surface area (Å²) in [5.74, 6) is 1.60. The molecule has 2 heterocycles. The molecule has 0 radical (unpaired) electrons. The first-order valence-corrected chi connectivity index (χ1v) is 10.5. The number of methoxy groups -OCH3 is 2. The second-order valence-electron chi connectivity index (χ2n) is 7.80. The minimum atomic E-state index is -0.925. The summed E-state index contributed by atoms with van der Waals surface area (Å²) in [6.45, 7) is 4.54. The van der Waals surface area contributed by atoms with Crippen LogP contribution >= 0.6 is 0 Å². The van der Waals surface area contributed by atoms with E-state index in [2.05, 4.69) is 39.4 Å². The molecule has 0 aliphatic heterocycles. The van der Waals surface area contributed by atoms with E-state index in [9.17, 15) is 9.90 Å². The van der Waals surface area contributed by atoms with Crippen molar-refractivity contribution in [3.8, 4) is 11.5 Å². The fraction of sp³-hybridized carbons (Fsp3) is 0.391. The molecule has 9 nitrogen and oxygen atoms in total. The second-order valence-corrected chi connectivity index (χ2v) is 7.80. The molecule has 1 aromatic carbocycles. The van der Waals surface area contributed by atoms with Gasteiger partial charge in [0, 0.05) is 24.4 Å². The van der Waals surface area contributed by atoms with Crippen LogP contribution < -0.4 is 20.1 Å². The summed E-state index contributed by atoms with van der Waals surface area (Å²) >= 11 is 0. The van der Waals surface area contributed by atoms with Crippen LogP contribution in [0.25, 0.3) is 11.0 Å². The average molecular weight is 440 g/mol. The Morgan fingerprint density at radius 1 is 1.12 bits per heavy atom. The van der Waals surface area contributed by atoms with Crippen LogP contribution in [0.1, 0.15) is 32.3 Å². The van der Waals surface area contributed by atoms with Crippen LogP contribution in [0.4, 0.5) is 11.8 Å². The Labute approximate surface area is 187 Å². The predicted octanol–water partition coefficient (Wildman–Crippen LogP) is 3.96. The van der Waals surface area contributed by atoms with Crippen LogP contribution in [0.2, 0.25) is 0 Å². The monoisotopic (exact) mass is 439 g/mol. The quantitative estimate of drug-likeness (QED) is 0.408. The number of hydrogen-bond acceptors (Lipinski definition) is 8. The number of anilines is 2. The third kappa shape index (κ3) is 5.75. The van der Waals surface area contributed by atoms with E-state index < -0.39 is 12.0 Å². The Balaban J connectivity index is 1.86. The SMILES string of the molecule is COc1ccc(CNc2nc(N[C@H](CCC(C)C)C(=O)O)c3ncccc3n2)c(OC)c1. The maximum Gasteiger partial charge on any atom is 0.326 e. The van der Waals surface area contributed by atoms with Crippen molar-refractivity contribution < 1.29 is 19.4 Å². The molecule has 3 aromatic rings. The van der Waals surface area contributed by atoms with E-state index in [1.54, 1.807) is 32.5 Å². The third-order valence-electron chi connectivity index (χ3n) is 5.03. The molecule has 3 rings (SSSR count). The molecule has 3 N–H and O–H groups in total. The van der Waals surface area contributed by atoms with Gasteiger partial charge < -0.3 is 25.2 Å². The molecule has 0 aliphatic rings. The first-order chi connectivity index (χ1) is 15.4. The minimum Gasteiger partial charge on any atom is -0.497 e. The molecule has 0 saturated carbocycles. The number of nitrogens with one attached hydrogen (secondary N) is 2. The average Bonchev–Trinajstić information content (AvgIpc) is 2.79. The maximum absolute atomic E-state index is 11.8. The summed E-state index contributed by atoms with van der Waals surface area (Å²) in [6, 6.07) is 8.39. The van der Waals surface area contributed by atoms with Crippen LogP contribution in [0.5, 0.6) is 11.5 Å². The van der Waals surface area contributed by atoms with E-state index in [0.717, 1.165) is 12.0 Å². The number of hydrogen-bond donors (Lipinski definition) is 3. The molecule has 0 unspecified atom stereocenters. The highest BCUT2D eigenvalue weighted by atomic mass is 16.5. The number of carboxylic acid groups (broad SMARTS) is 1. The van der Waals surface area contributed by atoms with Crippen LogP contribution in [-0.4, -0.2) is 46.3 Å². The van der Waals surface area contributed by atoms with Gasteiger partial charge in [0.15, 0.2) is 5.82 Å². The first-order valence-electron chi connectivity index (χ1n) is 10.5. The van der Waals surface area contributed by atoms with E-state index in [0.29, 0.717) is 53.2 Å². The van der Waals surface area contributed by atoms with Crippen molar-refractivity contribution in [3.63, 3.8) is 0 Å². The molecule has 0 amide bonds. The highest BCUT2D eigenvalue weighted by molar-refractivity contribution is 5.88. The van der Waals surface area contributed by atoms with Gasteiger partial charge in [-0.1, -0.05) is 13.8 Å². The van der Waals surface area contributed by atoms with Gasteiger partial charge in [0.2, 0.25) is 5.95 Å². The highest BCUT2D eigenvalue weighted by Gasteiger charge is 2.20. The lowest BCUT2D eigenvalue weighted by Gasteiger charge is -2.18. The Morgan fingerprint density at radius 3 is 2.62 bits per heavy atom. The smallest absolute Gasteiger partial charge is 0.326 e. The van der Waals surface area contributed by atoms with Crippen LogP contribution in [0.15, 0.2) is 36.5 Å². The molecule has 0 fully saturated rings. The van der Waals surface area contributed by atoms with Gasteiger partial charge in [-0.25, -0.2) is 9.78 Å². The Hall–Kier alpha value is -3.62. The van der Waals surface area contributed by atoms with Crippen molar-refractivity contribution in [2.24, 2.45) is 5.92 Å². The van der Waals surface area contributed by atoms with Gasteiger partial charge in [-0.15, -0.1) is 0 Å². The second kappa shape index (κ2) is 10.6. The number of benzene rings is 1. The fourth-order valence-electron chi connectivity index (χ4n) is 3.24.